The van der Waals surface area contributed by atoms with E-state index in [1.165, 1.54) is 24.0 Å². The third-order valence-electron chi connectivity index (χ3n) is 5.08. The number of anilines is 1. The summed E-state index contributed by atoms with van der Waals surface area (Å²) in [6.07, 6.45) is 4.47. The summed E-state index contributed by atoms with van der Waals surface area (Å²) in [6, 6.07) is 14.9. The van der Waals surface area contributed by atoms with Crippen LogP contribution >= 0.6 is 0 Å². The second-order valence-corrected chi connectivity index (χ2v) is 7.22. The summed E-state index contributed by atoms with van der Waals surface area (Å²) >= 11 is 0. The van der Waals surface area contributed by atoms with Gasteiger partial charge in [-0.05, 0) is 56.4 Å². The highest BCUT2D eigenvalue weighted by atomic mass is 16.2. The minimum Gasteiger partial charge on any atom is -0.317 e. The molecule has 0 bridgehead atoms. The van der Waals surface area contributed by atoms with Gasteiger partial charge in [-0.1, -0.05) is 54.8 Å². The Bertz CT molecular complexity index is 753. The molecule has 1 aliphatic rings. The molecule has 2 aromatic rings. The molecule has 1 fully saturated rings. The summed E-state index contributed by atoms with van der Waals surface area (Å²) in [6.45, 7) is 7.02. The summed E-state index contributed by atoms with van der Waals surface area (Å²) < 4.78 is 0. The van der Waals surface area contributed by atoms with E-state index in [0.717, 1.165) is 36.2 Å². The van der Waals surface area contributed by atoms with Gasteiger partial charge in [0.25, 0.3) is 0 Å². The summed E-state index contributed by atoms with van der Waals surface area (Å²) in [4.78, 5) is 15.1. The van der Waals surface area contributed by atoms with E-state index in [1.807, 2.05) is 17.9 Å². The molecule has 2 amide bonds. The Balaban J connectivity index is 1.85. The van der Waals surface area contributed by atoms with Gasteiger partial charge in [-0.15, -0.1) is 0 Å². The Morgan fingerprint density at radius 2 is 1.80 bits per heavy atom. The molecule has 0 aliphatic carbocycles. The van der Waals surface area contributed by atoms with Crippen molar-refractivity contribution in [1.29, 1.82) is 0 Å². The van der Waals surface area contributed by atoms with Crippen LogP contribution in [0.2, 0.25) is 0 Å². The topological polar surface area (TPSA) is 32.3 Å². The Morgan fingerprint density at radius 3 is 2.60 bits per heavy atom. The maximum absolute atomic E-state index is 13.1. The average molecular weight is 336 g/mol. The number of aryl methyl sites for hydroxylation is 3. The minimum atomic E-state index is 0.0158. The first kappa shape index (κ1) is 17.5. The van der Waals surface area contributed by atoms with Crippen molar-refractivity contribution in [2.75, 3.05) is 11.9 Å². The predicted octanol–water partition coefficient (Wildman–Crippen LogP) is 5.76. The van der Waals surface area contributed by atoms with Gasteiger partial charge in [-0.25, -0.2) is 4.79 Å². The van der Waals surface area contributed by atoms with E-state index in [0.29, 0.717) is 0 Å². The average Bonchev–Trinajstić information content (AvgIpc) is 2.84. The number of rotatable bonds is 2. The van der Waals surface area contributed by atoms with Crippen molar-refractivity contribution in [2.45, 2.75) is 52.5 Å². The van der Waals surface area contributed by atoms with Crippen molar-refractivity contribution in [3.63, 3.8) is 0 Å². The molecule has 0 spiro atoms. The normalized spacial score (nSPS) is 17.9. The van der Waals surface area contributed by atoms with Gasteiger partial charge in [0.1, 0.15) is 0 Å². The van der Waals surface area contributed by atoms with Crippen LogP contribution in [-0.2, 0) is 0 Å². The highest BCUT2D eigenvalue weighted by molar-refractivity contribution is 5.90. The van der Waals surface area contributed by atoms with Crippen LogP contribution < -0.4 is 5.32 Å². The zero-order chi connectivity index (χ0) is 17.8. The zero-order valence-corrected chi connectivity index (χ0v) is 15.5. The number of nitrogens with one attached hydrogen (secondary N) is 1. The van der Waals surface area contributed by atoms with E-state index in [-0.39, 0.29) is 12.1 Å². The van der Waals surface area contributed by atoms with E-state index < -0.39 is 0 Å². The van der Waals surface area contributed by atoms with E-state index in [1.54, 1.807) is 0 Å². The number of nitrogens with zero attached hydrogens (tertiary/aromatic N) is 1. The van der Waals surface area contributed by atoms with Gasteiger partial charge in [0.15, 0.2) is 0 Å². The molecule has 1 heterocycles. The Hall–Kier alpha value is -2.29. The molecule has 3 rings (SSSR count). The van der Waals surface area contributed by atoms with Crippen LogP contribution in [0.3, 0.4) is 0 Å². The van der Waals surface area contributed by atoms with Crippen LogP contribution in [0.4, 0.5) is 10.5 Å². The van der Waals surface area contributed by atoms with Crippen molar-refractivity contribution in [3.05, 3.63) is 64.7 Å². The van der Waals surface area contributed by atoms with Gasteiger partial charge in [-0.2, -0.15) is 0 Å². The van der Waals surface area contributed by atoms with Gasteiger partial charge in [-0.3, -0.25) is 0 Å². The molecule has 3 heteroatoms. The first-order valence-electron chi connectivity index (χ1n) is 9.26. The fourth-order valence-electron chi connectivity index (χ4n) is 3.63. The standard InChI is InChI=1S/C22H28N2O/c1-16-8-7-9-19(14-16)21-10-5-4-6-13-24(21)22(25)23-20-15-17(2)11-12-18(20)3/h7-9,11-12,14-15,21H,4-6,10,13H2,1-3H3,(H,23,25). The fourth-order valence-corrected chi connectivity index (χ4v) is 3.63. The first-order chi connectivity index (χ1) is 12.0. The van der Waals surface area contributed by atoms with Crippen molar-refractivity contribution in [3.8, 4) is 0 Å². The SMILES string of the molecule is Cc1cccc(C2CCCCCN2C(=O)Nc2cc(C)ccc2C)c1. The second kappa shape index (κ2) is 7.73. The van der Waals surface area contributed by atoms with Gasteiger partial charge in [0, 0.05) is 12.2 Å². The van der Waals surface area contributed by atoms with E-state index in [9.17, 15) is 4.79 Å². The maximum atomic E-state index is 13.1. The molecule has 1 saturated heterocycles. The molecule has 1 N–H and O–H groups in total. The molecule has 0 saturated carbocycles. The molecule has 25 heavy (non-hydrogen) atoms. The Morgan fingerprint density at radius 1 is 1.00 bits per heavy atom. The van der Waals surface area contributed by atoms with Crippen molar-refractivity contribution in [1.82, 2.24) is 4.90 Å². The van der Waals surface area contributed by atoms with Crippen molar-refractivity contribution < 1.29 is 4.79 Å². The number of amides is 2. The lowest BCUT2D eigenvalue weighted by molar-refractivity contribution is 0.189. The monoisotopic (exact) mass is 336 g/mol. The highest BCUT2D eigenvalue weighted by Crippen LogP contribution is 2.31. The summed E-state index contributed by atoms with van der Waals surface area (Å²) in [5, 5.41) is 3.15. The number of carbonyl (C=O) groups is 1. The van der Waals surface area contributed by atoms with Gasteiger partial charge < -0.3 is 10.2 Å². The lowest BCUT2D eigenvalue weighted by Crippen LogP contribution is -2.38. The lowest BCUT2D eigenvalue weighted by Gasteiger charge is -2.31. The largest absolute Gasteiger partial charge is 0.322 e. The maximum Gasteiger partial charge on any atom is 0.322 e. The van der Waals surface area contributed by atoms with Crippen LogP contribution in [-0.4, -0.2) is 17.5 Å². The molecule has 1 aliphatic heterocycles. The quantitative estimate of drug-likeness (QED) is 0.743. The Kier molecular flexibility index (Phi) is 5.42. The highest BCUT2D eigenvalue weighted by Gasteiger charge is 2.27. The second-order valence-electron chi connectivity index (χ2n) is 7.22. The van der Waals surface area contributed by atoms with Gasteiger partial charge in [0.2, 0.25) is 0 Å². The molecule has 1 unspecified atom stereocenters. The third-order valence-corrected chi connectivity index (χ3v) is 5.08. The van der Waals surface area contributed by atoms with E-state index in [4.69, 9.17) is 0 Å². The number of likely N-dealkylation sites (tertiary alicyclic amines) is 1. The molecule has 0 aromatic heterocycles. The lowest BCUT2D eigenvalue weighted by atomic mass is 9.99. The number of benzene rings is 2. The molecule has 3 nitrogen and oxygen atoms in total. The summed E-state index contributed by atoms with van der Waals surface area (Å²) in [5.41, 5.74) is 5.67. The van der Waals surface area contributed by atoms with Crippen molar-refractivity contribution in [2.24, 2.45) is 0 Å². The smallest absolute Gasteiger partial charge is 0.317 e. The molecule has 0 radical (unpaired) electrons. The molecule has 2 aromatic carbocycles. The third kappa shape index (κ3) is 4.22. The summed E-state index contributed by atoms with van der Waals surface area (Å²) in [7, 11) is 0. The molecular weight excluding hydrogens is 308 g/mol. The van der Waals surface area contributed by atoms with Crippen LogP contribution in [0.5, 0.6) is 0 Å². The van der Waals surface area contributed by atoms with E-state index in [2.05, 4.69) is 55.6 Å². The van der Waals surface area contributed by atoms with Gasteiger partial charge in [0.05, 0.1) is 6.04 Å². The number of hydrogen-bond donors (Lipinski definition) is 1. The van der Waals surface area contributed by atoms with Crippen LogP contribution in [0, 0.1) is 20.8 Å². The van der Waals surface area contributed by atoms with Gasteiger partial charge >= 0.3 is 6.03 Å². The zero-order valence-electron chi connectivity index (χ0n) is 15.5. The number of hydrogen-bond acceptors (Lipinski definition) is 1. The van der Waals surface area contributed by atoms with Crippen LogP contribution in [0.25, 0.3) is 0 Å². The van der Waals surface area contributed by atoms with Crippen molar-refractivity contribution >= 4 is 11.7 Å². The predicted molar refractivity (Wildman–Crippen MR) is 104 cm³/mol. The van der Waals surface area contributed by atoms with E-state index >= 15 is 0 Å². The molecule has 132 valence electrons. The number of urea groups is 1. The molecule has 1 atom stereocenters. The van der Waals surface area contributed by atoms with Crippen LogP contribution in [0.1, 0.15) is 54.0 Å². The minimum absolute atomic E-state index is 0.0158. The summed E-state index contributed by atoms with van der Waals surface area (Å²) in [5.74, 6) is 0. The fraction of sp³-hybridized carbons (Fsp3) is 0.409. The van der Waals surface area contributed by atoms with Crippen LogP contribution in [0.15, 0.2) is 42.5 Å². The Labute approximate surface area is 151 Å². The first-order valence-corrected chi connectivity index (χ1v) is 9.26. The number of carbonyl (C=O) groups excluding carboxylic acids is 1. The molecular formula is C22H28N2O.